The Kier molecular flexibility index (Phi) is 40.8. The van der Waals surface area contributed by atoms with Gasteiger partial charge in [0.2, 0.25) is 5.91 Å². The molecule has 6 heteroatoms. The Balaban J connectivity index is 4.63. The zero-order valence-electron chi connectivity index (χ0n) is 36.0. The van der Waals surface area contributed by atoms with Crippen molar-refractivity contribution in [3.05, 3.63) is 60.8 Å². The van der Waals surface area contributed by atoms with E-state index in [0.29, 0.717) is 19.3 Å². The lowest BCUT2D eigenvalue weighted by Gasteiger charge is -2.24. The Morgan fingerprint density at radius 2 is 1.07 bits per heavy atom. The molecule has 3 N–H and O–H groups in total. The summed E-state index contributed by atoms with van der Waals surface area (Å²) in [6.07, 6.45) is 51.4. The van der Waals surface area contributed by atoms with Gasteiger partial charge in [0.1, 0.15) is 6.10 Å². The highest BCUT2D eigenvalue weighted by Gasteiger charge is 2.24. The molecule has 3 atom stereocenters. The van der Waals surface area contributed by atoms with Gasteiger partial charge in [-0.25, -0.2) is 0 Å². The molecule has 0 spiro atoms. The highest BCUT2D eigenvalue weighted by Crippen LogP contribution is 2.17. The number of amides is 1. The second-order valence-corrected chi connectivity index (χ2v) is 15.5. The standard InChI is InChI=1S/C49H87NO5/c1-4-7-10-13-16-19-22-23-24-27-30-33-36-39-42-49(54)55-45(40-37-34-31-28-25-20-17-14-11-8-5-2)43-48(53)50-46(44-51)47(52)41-38-35-32-29-26-21-18-15-12-9-6-3/h7-8,10-11,14,16-17,19-20,25,45-47,51-52H,4-6,9,12-13,15,18,21-24,26-44H2,1-3H3,(H,50,53)/b10-7+,11-8+,17-14+,19-16+,25-20-. The Hall–Kier alpha value is -2.44. The van der Waals surface area contributed by atoms with Gasteiger partial charge in [0.15, 0.2) is 0 Å². The first-order valence-electron chi connectivity index (χ1n) is 23.0. The van der Waals surface area contributed by atoms with Crippen molar-refractivity contribution in [2.45, 2.75) is 232 Å². The molecule has 0 aromatic carbocycles. The third kappa shape index (κ3) is 38.2. The van der Waals surface area contributed by atoms with Crippen molar-refractivity contribution in [1.82, 2.24) is 5.32 Å². The molecule has 6 nitrogen and oxygen atoms in total. The number of aliphatic hydroxyl groups excluding tert-OH is 2. The van der Waals surface area contributed by atoms with Crippen molar-refractivity contribution < 1.29 is 24.5 Å². The predicted molar refractivity (Wildman–Crippen MR) is 236 cm³/mol. The summed E-state index contributed by atoms with van der Waals surface area (Å²) in [5, 5.41) is 23.6. The molecule has 3 unspecified atom stereocenters. The fourth-order valence-electron chi connectivity index (χ4n) is 6.70. The van der Waals surface area contributed by atoms with E-state index in [2.05, 4.69) is 74.7 Å². The molecule has 0 aromatic heterocycles. The van der Waals surface area contributed by atoms with Crippen LogP contribution in [0, 0.1) is 0 Å². The van der Waals surface area contributed by atoms with Gasteiger partial charge in [0.05, 0.1) is 25.2 Å². The van der Waals surface area contributed by atoms with Gasteiger partial charge >= 0.3 is 5.97 Å². The Morgan fingerprint density at radius 1 is 0.564 bits per heavy atom. The first kappa shape index (κ1) is 52.6. The van der Waals surface area contributed by atoms with Crippen LogP contribution < -0.4 is 5.32 Å². The zero-order chi connectivity index (χ0) is 40.3. The van der Waals surface area contributed by atoms with Crippen LogP contribution >= 0.6 is 0 Å². The lowest BCUT2D eigenvalue weighted by atomic mass is 10.0. The number of esters is 1. The molecule has 0 rings (SSSR count). The van der Waals surface area contributed by atoms with Gasteiger partial charge in [-0.15, -0.1) is 0 Å². The van der Waals surface area contributed by atoms with Crippen LogP contribution in [0.4, 0.5) is 0 Å². The summed E-state index contributed by atoms with van der Waals surface area (Å²) in [7, 11) is 0. The Morgan fingerprint density at radius 3 is 1.69 bits per heavy atom. The number of unbranched alkanes of at least 4 members (excludes halogenated alkanes) is 20. The summed E-state index contributed by atoms with van der Waals surface area (Å²) >= 11 is 0. The van der Waals surface area contributed by atoms with E-state index in [1.165, 1.54) is 77.0 Å². The van der Waals surface area contributed by atoms with Crippen LogP contribution in [0.25, 0.3) is 0 Å². The number of carbonyl (C=O) groups excluding carboxylic acids is 2. The normalized spacial score (nSPS) is 13.9. The maximum absolute atomic E-state index is 13.1. The van der Waals surface area contributed by atoms with Gasteiger partial charge in [-0.3, -0.25) is 9.59 Å². The third-order valence-corrected chi connectivity index (χ3v) is 10.2. The highest BCUT2D eigenvalue weighted by molar-refractivity contribution is 5.77. The van der Waals surface area contributed by atoms with Crippen LogP contribution in [-0.4, -0.2) is 46.9 Å². The molecule has 0 bridgehead atoms. The number of rotatable bonds is 40. The molecule has 0 radical (unpaired) electrons. The molecule has 0 heterocycles. The molecular formula is C49H87NO5. The number of hydrogen-bond donors (Lipinski definition) is 3. The Labute approximate surface area is 339 Å². The summed E-state index contributed by atoms with van der Waals surface area (Å²) in [5.41, 5.74) is 0. The first-order valence-corrected chi connectivity index (χ1v) is 23.0. The van der Waals surface area contributed by atoms with Crippen molar-refractivity contribution in [3.63, 3.8) is 0 Å². The fraction of sp³-hybridized carbons (Fsp3) is 0.755. The van der Waals surface area contributed by atoms with Gasteiger partial charge in [-0.05, 0) is 70.6 Å². The van der Waals surface area contributed by atoms with E-state index in [4.69, 9.17) is 4.74 Å². The number of ether oxygens (including phenoxy) is 1. The van der Waals surface area contributed by atoms with Gasteiger partial charge in [0.25, 0.3) is 0 Å². The molecule has 0 aromatic rings. The second kappa shape index (κ2) is 42.7. The van der Waals surface area contributed by atoms with Crippen LogP contribution in [0.3, 0.4) is 0 Å². The number of carbonyl (C=O) groups is 2. The number of nitrogens with one attached hydrogen (secondary N) is 1. The summed E-state index contributed by atoms with van der Waals surface area (Å²) in [6.45, 7) is 6.21. The molecule has 1 amide bonds. The molecule has 318 valence electrons. The fourth-order valence-corrected chi connectivity index (χ4v) is 6.70. The number of aliphatic hydroxyl groups is 2. The summed E-state index contributed by atoms with van der Waals surface area (Å²) in [4.78, 5) is 26.0. The minimum atomic E-state index is -0.797. The number of allylic oxidation sites excluding steroid dienone is 10. The quantitative estimate of drug-likeness (QED) is 0.0250. The average molecular weight is 770 g/mol. The topological polar surface area (TPSA) is 95.9 Å². The summed E-state index contributed by atoms with van der Waals surface area (Å²) < 4.78 is 5.88. The second-order valence-electron chi connectivity index (χ2n) is 15.5. The van der Waals surface area contributed by atoms with Crippen LogP contribution in [0.1, 0.15) is 213 Å². The minimum absolute atomic E-state index is 0.0496. The molecule has 0 fully saturated rings. The van der Waals surface area contributed by atoms with E-state index < -0.39 is 18.2 Å². The summed E-state index contributed by atoms with van der Waals surface area (Å²) in [5.74, 6) is -0.522. The zero-order valence-corrected chi connectivity index (χ0v) is 36.0. The van der Waals surface area contributed by atoms with E-state index >= 15 is 0 Å². The molecular weight excluding hydrogens is 683 g/mol. The van der Waals surface area contributed by atoms with E-state index in [9.17, 15) is 19.8 Å². The van der Waals surface area contributed by atoms with Crippen LogP contribution in [0.2, 0.25) is 0 Å². The predicted octanol–water partition coefficient (Wildman–Crippen LogP) is 13.3. The van der Waals surface area contributed by atoms with Crippen molar-refractivity contribution in [2.24, 2.45) is 0 Å². The van der Waals surface area contributed by atoms with Crippen LogP contribution in [-0.2, 0) is 14.3 Å². The van der Waals surface area contributed by atoms with Crippen molar-refractivity contribution in [2.75, 3.05) is 6.61 Å². The van der Waals surface area contributed by atoms with Gasteiger partial charge < -0.3 is 20.3 Å². The van der Waals surface area contributed by atoms with Gasteiger partial charge in [-0.1, -0.05) is 191 Å². The highest BCUT2D eigenvalue weighted by atomic mass is 16.5. The van der Waals surface area contributed by atoms with Crippen molar-refractivity contribution in [1.29, 1.82) is 0 Å². The molecule has 0 aliphatic heterocycles. The molecule has 0 aliphatic carbocycles. The molecule has 0 aliphatic rings. The number of hydrogen-bond acceptors (Lipinski definition) is 5. The van der Waals surface area contributed by atoms with E-state index in [1.54, 1.807) is 0 Å². The maximum atomic E-state index is 13.1. The Bertz CT molecular complexity index is 999. The van der Waals surface area contributed by atoms with Crippen LogP contribution in [0.5, 0.6) is 0 Å². The SMILES string of the molecule is CC/C=C/C=C/C=C\CCCCCC(CC(=O)NC(CO)C(O)CCCCCCCCCCCCC)OC(=O)CCCCCCCCC/C=C/C/C=C/CC. The largest absolute Gasteiger partial charge is 0.462 e. The van der Waals surface area contributed by atoms with Gasteiger partial charge in [-0.2, -0.15) is 0 Å². The molecule has 0 saturated heterocycles. The molecule has 0 saturated carbocycles. The maximum Gasteiger partial charge on any atom is 0.306 e. The van der Waals surface area contributed by atoms with Gasteiger partial charge in [0, 0.05) is 6.42 Å². The van der Waals surface area contributed by atoms with Crippen LogP contribution in [0.15, 0.2) is 60.8 Å². The lowest BCUT2D eigenvalue weighted by Crippen LogP contribution is -2.46. The minimum Gasteiger partial charge on any atom is -0.462 e. The van der Waals surface area contributed by atoms with Crippen molar-refractivity contribution in [3.8, 4) is 0 Å². The average Bonchev–Trinajstić information content (AvgIpc) is 3.18. The third-order valence-electron chi connectivity index (χ3n) is 10.2. The van der Waals surface area contributed by atoms with E-state index in [0.717, 1.165) is 89.9 Å². The van der Waals surface area contributed by atoms with Crippen molar-refractivity contribution >= 4 is 11.9 Å². The van der Waals surface area contributed by atoms with E-state index in [1.807, 2.05) is 12.2 Å². The first-order chi connectivity index (χ1) is 27.0. The molecule has 55 heavy (non-hydrogen) atoms. The monoisotopic (exact) mass is 770 g/mol. The summed E-state index contributed by atoms with van der Waals surface area (Å²) in [6, 6.07) is -0.713. The van der Waals surface area contributed by atoms with E-state index in [-0.39, 0.29) is 24.9 Å². The lowest BCUT2D eigenvalue weighted by molar-refractivity contribution is -0.151. The smallest absolute Gasteiger partial charge is 0.306 e.